The first-order valence-corrected chi connectivity index (χ1v) is 5.84. The molecule has 110 valence electrons. The van der Waals surface area contributed by atoms with E-state index in [1.165, 1.54) is 17.8 Å². The molecular formula is C11H13F3N4O2. The van der Waals surface area contributed by atoms with Gasteiger partial charge in [0, 0.05) is 24.5 Å². The number of aliphatic hydroxyl groups is 1. The van der Waals surface area contributed by atoms with Crippen molar-refractivity contribution in [1.82, 2.24) is 14.8 Å². The fourth-order valence-corrected chi connectivity index (χ4v) is 1.97. The van der Waals surface area contributed by atoms with E-state index < -0.39 is 30.3 Å². The molecule has 0 aromatic carbocycles. The van der Waals surface area contributed by atoms with Crippen LogP contribution in [0.4, 0.5) is 13.2 Å². The van der Waals surface area contributed by atoms with Crippen LogP contribution >= 0.6 is 0 Å². The number of carbonyl (C=O) groups is 1. The summed E-state index contributed by atoms with van der Waals surface area (Å²) in [6.07, 6.45) is -3.47. The zero-order valence-electron chi connectivity index (χ0n) is 10.8. The first-order valence-electron chi connectivity index (χ1n) is 5.84. The van der Waals surface area contributed by atoms with Crippen molar-refractivity contribution in [2.24, 2.45) is 5.10 Å². The Bertz CT molecular complexity index is 554. The molecule has 20 heavy (non-hydrogen) atoms. The number of nitrogens with zero attached hydrogens (tertiary/aromatic N) is 4. The van der Waals surface area contributed by atoms with Crippen molar-refractivity contribution in [1.29, 1.82) is 0 Å². The van der Waals surface area contributed by atoms with E-state index >= 15 is 0 Å². The minimum atomic E-state index is -4.99. The molecule has 9 heteroatoms. The number of halogens is 3. The van der Waals surface area contributed by atoms with Gasteiger partial charge in [-0.1, -0.05) is 0 Å². The number of alkyl halides is 3. The van der Waals surface area contributed by atoms with Gasteiger partial charge in [-0.25, -0.2) is 0 Å². The quantitative estimate of drug-likeness (QED) is 0.890. The average molecular weight is 290 g/mol. The van der Waals surface area contributed by atoms with Crippen molar-refractivity contribution >= 4 is 12.1 Å². The van der Waals surface area contributed by atoms with Crippen LogP contribution in [-0.4, -0.2) is 43.9 Å². The Balaban J connectivity index is 2.29. The third kappa shape index (κ3) is 2.07. The lowest BCUT2D eigenvalue weighted by atomic mass is 10.1. The second-order valence-corrected chi connectivity index (χ2v) is 4.56. The average Bonchev–Trinajstić information content (AvgIpc) is 2.93. The lowest BCUT2D eigenvalue weighted by Crippen LogP contribution is -2.57. The molecule has 2 heterocycles. The molecule has 2 rings (SSSR count). The van der Waals surface area contributed by atoms with Gasteiger partial charge in [0.25, 0.3) is 11.6 Å². The Morgan fingerprint density at radius 1 is 1.55 bits per heavy atom. The largest absolute Gasteiger partial charge is 0.438 e. The van der Waals surface area contributed by atoms with E-state index in [4.69, 9.17) is 0 Å². The molecule has 0 radical (unpaired) electrons. The number of carbonyl (C=O) groups excluding carboxylic acids is 1. The first-order chi connectivity index (χ1) is 9.18. The fourth-order valence-electron chi connectivity index (χ4n) is 1.97. The molecule has 6 nitrogen and oxygen atoms in total. The van der Waals surface area contributed by atoms with Crippen LogP contribution in [0.3, 0.4) is 0 Å². The van der Waals surface area contributed by atoms with Gasteiger partial charge >= 0.3 is 6.18 Å². The summed E-state index contributed by atoms with van der Waals surface area (Å²) in [5.74, 6) is -0.981. The zero-order chi connectivity index (χ0) is 15.1. The van der Waals surface area contributed by atoms with Gasteiger partial charge in [-0.3, -0.25) is 9.48 Å². The first kappa shape index (κ1) is 14.5. The highest BCUT2D eigenvalue weighted by Gasteiger charge is 2.62. The van der Waals surface area contributed by atoms with Crippen LogP contribution in [0.15, 0.2) is 17.4 Å². The van der Waals surface area contributed by atoms with Gasteiger partial charge < -0.3 is 5.11 Å². The van der Waals surface area contributed by atoms with E-state index in [0.29, 0.717) is 5.69 Å². The second kappa shape index (κ2) is 4.58. The van der Waals surface area contributed by atoms with E-state index in [1.807, 2.05) is 0 Å². The molecule has 0 fully saturated rings. The van der Waals surface area contributed by atoms with Crippen molar-refractivity contribution in [2.45, 2.75) is 38.2 Å². The third-order valence-corrected chi connectivity index (χ3v) is 3.18. The topological polar surface area (TPSA) is 70.7 Å². The molecule has 0 spiro atoms. The maximum absolute atomic E-state index is 12.9. The third-order valence-electron chi connectivity index (χ3n) is 3.18. The molecular weight excluding hydrogens is 277 g/mol. The lowest BCUT2D eigenvalue weighted by molar-refractivity contribution is -0.302. The van der Waals surface area contributed by atoms with E-state index in [1.54, 1.807) is 13.0 Å². The zero-order valence-corrected chi connectivity index (χ0v) is 10.8. The summed E-state index contributed by atoms with van der Waals surface area (Å²) in [6, 6.07) is 0.613. The van der Waals surface area contributed by atoms with Crippen molar-refractivity contribution in [3.05, 3.63) is 18.0 Å². The van der Waals surface area contributed by atoms with Gasteiger partial charge in [-0.05, 0) is 19.9 Å². The summed E-state index contributed by atoms with van der Waals surface area (Å²) in [4.78, 5) is 12.1. The highest BCUT2D eigenvalue weighted by atomic mass is 19.4. The van der Waals surface area contributed by atoms with Crippen LogP contribution in [-0.2, 0) is 4.79 Å². The van der Waals surface area contributed by atoms with Crippen molar-refractivity contribution < 1.29 is 23.1 Å². The van der Waals surface area contributed by atoms with E-state index in [0.717, 1.165) is 6.21 Å². The summed E-state index contributed by atoms with van der Waals surface area (Å²) in [5, 5.41) is 17.0. The van der Waals surface area contributed by atoms with Gasteiger partial charge in [0.2, 0.25) is 0 Å². The summed E-state index contributed by atoms with van der Waals surface area (Å²) in [5.41, 5.74) is -2.68. The molecule has 1 aliphatic rings. The second-order valence-electron chi connectivity index (χ2n) is 4.56. The molecule has 0 unspecified atom stereocenters. The van der Waals surface area contributed by atoms with Crippen molar-refractivity contribution in [3.8, 4) is 0 Å². The lowest BCUT2D eigenvalue weighted by Gasteiger charge is -2.34. The maximum Gasteiger partial charge on any atom is 0.438 e. The van der Waals surface area contributed by atoms with E-state index in [2.05, 4.69) is 10.2 Å². The van der Waals surface area contributed by atoms with Gasteiger partial charge in [-0.15, -0.1) is 0 Å². The molecule has 0 aliphatic carbocycles. The Morgan fingerprint density at radius 3 is 2.70 bits per heavy atom. The van der Waals surface area contributed by atoms with Crippen LogP contribution in [0.5, 0.6) is 0 Å². The van der Waals surface area contributed by atoms with Gasteiger partial charge in [0.1, 0.15) is 6.04 Å². The van der Waals surface area contributed by atoms with Crippen LogP contribution < -0.4 is 0 Å². The molecule has 1 aromatic heterocycles. The molecule has 1 aliphatic heterocycles. The summed E-state index contributed by atoms with van der Waals surface area (Å²) in [7, 11) is 0. The number of aromatic nitrogens is 2. The standard InChI is InChI=1S/C11H13F3N4O2/c1-7-3-5-15-17(7)8(2)9(19)18-10(20,4-6-16-18)11(12,13)14/h3,5-6,8,20H,4H2,1-2H3/t8-,10+/m1/s1. The Morgan fingerprint density at radius 2 is 2.20 bits per heavy atom. The molecule has 2 atom stereocenters. The van der Waals surface area contributed by atoms with Crippen LogP contribution in [0.1, 0.15) is 25.1 Å². The predicted molar refractivity (Wildman–Crippen MR) is 62.6 cm³/mol. The molecule has 1 aromatic rings. The van der Waals surface area contributed by atoms with Crippen LogP contribution in [0.25, 0.3) is 0 Å². The number of aryl methyl sites for hydroxylation is 1. The SMILES string of the molecule is Cc1ccnn1[C@H](C)C(=O)N1N=CC[C@]1(O)C(F)(F)F. The Hall–Kier alpha value is -1.90. The van der Waals surface area contributed by atoms with Crippen LogP contribution in [0, 0.1) is 6.92 Å². The summed E-state index contributed by atoms with van der Waals surface area (Å²) < 4.78 is 40.0. The predicted octanol–water partition coefficient (Wildman–Crippen LogP) is 1.22. The molecule has 1 N–H and O–H groups in total. The summed E-state index contributed by atoms with van der Waals surface area (Å²) in [6.45, 7) is 3.06. The van der Waals surface area contributed by atoms with Gasteiger partial charge in [-0.2, -0.15) is 28.4 Å². The molecule has 0 saturated heterocycles. The Kier molecular flexibility index (Phi) is 3.32. The highest BCUT2D eigenvalue weighted by Crippen LogP contribution is 2.39. The monoisotopic (exact) mass is 290 g/mol. The number of rotatable bonds is 2. The van der Waals surface area contributed by atoms with E-state index in [9.17, 15) is 23.1 Å². The molecule has 0 saturated carbocycles. The minimum Gasteiger partial charge on any atom is -0.362 e. The van der Waals surface area contributed by atoms with Gasteiger partial charge in [0.05, 0.1) is 0 Å². The van der Waals surface area contributed by atoms with Crippen molar-refractivity contribution in [2.75, 3.05) is 0 Å². The number of hydrogen-bond acceptors (Lipinski definition) is 4. The number of hydrogen-bond donors (Lipinski definition) is 1. The number of amides is 1. The molecule has 1 amide bonds. The van der Waals surface area contributed by atoms with Crippen LogP contribution in [0.2, 0.25) is 0 Å². The minimum absolute atomic E-state index is 0.0821. The van der Waals surface area contributed by atoms with Crippen molar-refractivity contribution in [3.63, 3.8) is 0 Å². The highest BCUT2D eigenvalue weighted by molar-refractivity contribution is 5.83. The maximum atomic E-state index is 12.9. The number of hydrazone groups is 1. The van der Waals surface area contributed by atoms with E-state index in [-0.39, 0.29) is 5.01 Å². The smallest absolute Gasteiger partial charge is 0.362 e. The normalized spacial score (nSPS) is 24.2. The van der Waals surface area contributed by atoms with Gasteiger partial charge in [0.15, 0.2) is 0 Å². The Labute approximate surface area is 112 Å². The molecule has 0 bridgehead atoms. The summed E-state index contributed by atoms with van der Waals surface area (Å²) >= 11 is 0. The fraction of sp³-hybridized carbons (Fsp3) is 0.545.